The van der Waals surface area contributed by atoms with Gasteiger partial charge in [0.1, 0.15) is 5.70 Å². The maximum Gasteiger partial charge on any atom is 0.207 e. The van der Waals surface area contributed by atoms with Crippen molar-refractivity contribution in [3.05, 3.63) is 67.6 Å². The first-order valence-corrected chi connectivity index (χ1v) is 7.15. The molecule has 0 aliphatic rings. The summed E-state index contributed by atoms with van der Waals surface area (Å²) in [5.74, 6) is 0. The van der Waals surface area contributed by atoms with E-state index in [4.69, 9.17) is 28.4 Å². The van der Waals surface area contributed by atoms with Crippen molar-refractivity contribution in [2.24, 2.45) is 0 Å². The standard InChI is InChI=1S/C13H10Cl2N2O2S/c14-10-4-3-9(11(15)6-10)7-17(19)8-12(16-18)13-2-1-5-20-13/h1-8,16,18H/b12-8?,17-7-. The molecule has 0 atom stereocenters. The van der Waals surface area contributed by atoms with E-state index in [0.717, 1.165) is 4.88 Å². The molecular formula is C13H10Cl2N2O2S. The highest BCUT2D eigenvalue weighted by atomic mass is 35.5. The van der Waals surface area contributed by atoms with Crippen LogP contribution in [0.4, 0.5) is 0 Å². The Balaban J connectivity index is 2.30. The van der Waals surface area contributed by atoms with Crippen molar-refractivity contribution in [3.8, 4) is 0 Å². The number of nitrogens with zero attached hydrogens (tertiary/aromatic N) is 1. The highest BCUT2D eigenvalue weighted by Crippen LogP contribution is 2.20. The van der Waals surface area contributed by atoms with Gasteiger partial charge in [0.2, 0.25) is 6.20 Å². The van der Waals surface area contributed by atoms with Crippen molar-refractivity contribution in [1.82, 2.24) is 5.48 Å². The molecule has 1 aromatic heterocycles. The third-order valence-corrected chi connectivity index (χ3v) is 3.86. The summed E-state index contributed by atoms with van der Waals surface area (Å²) in [6.45, 7) is 0. The average molecular weight is 329 g/mol. The van der Waals surface area contributed by atoms with E-state index in [9.17, 15) is 5.21 Å². The predicted molar refractivity (Wildman–Crippen MR) is 82.5 cm³/mol. The molecule has 0 fully saturated rings. The summed E-state index contributed by atoms with van der Waals surface area (Å²) >= 11 is 13.2. The van der Waals surface area contributed by atoms with Crippen molar-refractivity contribution >= 4 is 46.5 Å². The molecule has 1 aromatic carbocycles. The molecule has 2 rings (SSSR count). The molecule has 0 saturated carbocycles. The molecule has 0 radical (unpaired) electrons. The van der Waals surface area contributed by atoms with E-state index >= 15 is 0 Å². The van der Waals surface area contributed by atoms with Gasteiger partial charge in [-0.05, 0) is 29.6 Å². The Labute approximate surface area is 129 Å². The van der Waals surface area contributed by atoms with Gasteiger partial charge >= 0.3 is 0 Å². The van der Waals surface area contributed by atoms with Gasteiger partial charge in [0.15, 0.2) is 6.21 Å². The first kappa shape index (κ1) is 14.9. The Bertz CT molecular complexity index is 654. The smallest absolute Gasteiger partial charge is 0.207 e. The second-order valence-electron chi connectivity index (χ2n) is 3.79. The minimum absolute atomic E-state index is 0.302. The minimum atomic E-state index is 0.302. The summed E-state index contributed by atoms with van der Waals surface area (Å²) < 4.78 is 0.563. The second-order valence-corrected chi connectivity index (χ2v) is 5.58. The Morgan fingerprint density at radius 1 is 1.35 bits per heavy atom. The molecule has 20 heavy (non-hydrogen) atoms. The van der Waals surface area contributed by atoms with Crippen LogP contribution in [0.25, 0.3) is 5.70 Å². The van der Waals surface area contributed by atoms with Crippen LogP contribution in [0.3, 0.4) is 0 Å². The maximum absolute atomic E-state index is 11.9. The lowest BCUT2D eigenvalue weighted by molar-refractivity contribution is -0.371. The first-order chi connectivity index (χ1) is 9.60. The maximum atomic E-state index is 11.9. The number of hydroxylamine groups is 2. The summed E-state index contributed by atoms with van der Waals surface area (Å²) in [4.78, 5) is 0.740. The van der Waals surface area contributed by atoms with Gasteiger partial charge < -0.3 is 5.21 Å². The third-order valence-electron chi connectivity index (χ3n) is 2.39. The van der Waals surface area contributed by atoms with Gasteiger partial charge in [0.05, 0.1) is 15.5 Å². The number of benzene rings is 1. The fourth-order valence-corrected chi connectivity index (χ4v) is 2.63. The Morgan fingerprint density at radius 2 is 2.15 bits per heavy atom. The lowest BCUT2D eigenvalue weighted by Gasteiger charge is -2.03. The third kappa shape index (κ3) is 3.74. The Hall–Kier alpha value is -1.53. The second kappa shape index (κ2) is 6.76. The van der Waals surface area contributed by atoms with E-state index < -0.39 is 0 Å². The van der Waals surface area contributed by atoms with Crippen LogP contribution in [0.2, 0.25) is 10.0 Å². The molecule has 1 heterocycles. The number of hydrogen-bond donors (Lipinski definition) is 2. The highest BCUT2D eigenvalue weighted by molar-refractivity contribution is 7.11. The fourth-order valence-electron chi connectivity index (χ4n) is 1.49. The lowest BCUT2D eigenvalue weighted by Crippen LogP contribution is -2.08. The SMILES string of the molecule is [O-]/[N+](C=C(NO)c1cccs1)=C\c1ccc(Cl)cc1Cl. The predicted octanol–water partition coefficient (Wildman–Crippen LogP) is 3.96. The monoisotopic (exact) mass is 328 g/mol. The normalized spacial score (nSPS) is 12.6. The zero-order chi connectivity index (χ0) is 14.5. The number of thiophene rings is 1. The van der Waals surface area contributed by atoms with Crippen LogP contribution in [0, 0.1) is 5.21 Å². The molecule has 7 heteroatoms. The van der Waals surface area contributed by atoms with Crippen LogP contribution in [-0.4, -0.2) is 16.2 Å². The van der Waals surface area contributed by atoms with E-state index in [1.54, 1.807) is 24.3 Å². The summed E-state index contributed by atoms with van der Waals surface area (Å²) in [6.07, 6.45) is 2.51. The van der Waals surface area contributed by atoms with Gasteiger partial charge in [-0.15, -0.1) is 11.3 Å². The fraction of sp³-hybridized carbons (Fsp3) is 0. The van der Waals surface area contributed by atoms with Crippen molar-refractivity contribution in [2.45, 2.75) is 0 Å². The molecule has 0 aliphatic heterocycles. The Morgan fingerprint density at radius 3 is 2.75 bits per heavy atom. The van der Waals surface area contributed by atoms with E-state index in [1.807, 2.05) is 16.9 Å². The van der Waals surface area contributed by atoms with Crippen LogP contribution < -0.4 is 5.48 Å². The minimum Gasteiger partial charge on any atom is -0.619 e. The molecule has 0 saturated heterocycles. The first-order valence-electron chi connectivity index (χ1n) is 5.51. The van der Waals surface area contributed by atoms with Crippen LogP contribution in [0.15, 0.2) is 41.9 Å². The molecule has 0 aliphatic carbocycles. The molecule has 2 N–H and O–H groups in total. The van der Waals surface area contributed by atoms with Crippen LogP contribution >= 0.6 is 34.5 Å². The topological polar surface area (TPSA) is 58.3 Å². The quantitative estimate of drug-likeness (QED) is 0.386. The van der Waals surface area contributed by atoms with Gasteiger partial charge in [0, 0.05) is 5.02 Å². The van der Waals surface area contributed by atoms with Gasteiger partial charge in [-0.2, -0.15) is 4.74 Å². The lowest BCUT2D eigenvalue weighted by atomic mass is 10.2. The number of hydrogen-bond acceptors (Lipinski definition) is 4. The molecule has 0 spiro atoms. The van der Waals surface area contributed by atoms with Crippen molar-refractivity contribution in [2.75, 3.05) is 0 Å². The van der Waals surface area contributed by atoms with Crippen molar-refractivity contribution in [3.63, 3.8) is 0 Å². The van der Waals surface area contributed by atoms with Gasteiger partial charge in [-0.1, -0.05) is 29.3 Å². The van der Waals surface area contributed by atoms with Gasteiger partial charge in [-0.3, -0.25) is 10.7 Å². The van der Waals surface area contributed by atoms with Crippen LogP contribution in [-0.2, 0) is 0 Å². The summed E-state index contributed by atoms with van der Waals surface area (Å²) in [7, 11) is 0. The molecule has 0 unspecified atom stereocenters. The molecule has 0 amide bonds. The van der Waals surface area contributed by atoms with Gasteiger partial charge in [-0.25, -0.2) is 0 Å². The van der Waals surface area contributed by atoms with Crippen LogP contribution in [0.1, 0.15) is 10.4 Å². The van der Waals surface area contributed by atoms with E-state index in [1.165, 1.54) is 23.8 Å². The number of halogens is 2. The molecule has 4 nitrogen and oxygen atoms in total. The molecule has 104 valence electrons. The number of rotatable bonds is 4. The zero-order valence-corrected chi connectivity index (χ0v) is 12.4. The average Bonchev–Trinajstić information content (AvgIpc) is 2.93. The summed E-state index contributed by atoms with van der Waals surface area (Å²) in [5, 5.41) is 23.6. The van der Waals surface area contributed by atoms with E-state index in [2.05, 4.69) is 0 Å². The van der Waals surface area contributed by atoms with Gasteiger partial charge in [0.25, 0.3) is 0 Å². The van der Waals surface area contributed by atoms with Crippen LogP contribution in [0.5, 0.6) is 0 Å². The van der Waals surface area contributed by atoms with E-state index in [-0.39, 0.29) is 0 Å². The zero-order valence-electron chi connectivity index (χ0n) is 10.1. The highest BCUT2D eigenvalue weighted by Gasteiger charge is 2.06. The summed E-state index contributed by atoms with van der Waals surface area (Å²) in [5.41, 5.74) is 2.84. The van der Waals surface area contributed by atoms with E-state index in [0.29, 0.717) is 26.0 Å². The molecule has 0 bridgehead atoms. The molecular weight excluding hydrogens is 319 g/mol. The Kier molecular flexibility index (Phi) is 5.03. The largest absolute Gasteiger partial charge is 0.619 e. The van der Waals surface area contributed by atoms with Crippen molar-refractivity contribution < 1.29 is 9.95 Å². The molecule has 2 aromatic rings. The number of nitrogens with one attached hydrogen (secondary N) is 1. The van der Waals surface area contributed by atoms with Crippen molar-refractivity contribution in [1.29, 1.82) is 0 Å². The summed E-state index contributed by atoms with van der Waals surface area (Å²) in [6, 6.07) is 8.43.